The van der Waals surface area contributed by atoms with Crippen LogP contribution in [0.25, 0.3) is 0 Å². The van der Waals surface area contributed by atoms with Gasteiger partial charge in [-0.3, -0.25) is 0 Å². The third-order valence-electron chi connectivity index (χ3n) is 2.50. The molecule has 0 unspecified atom stereocenters. The minimum atomic E-state index is -2.96. The SMILES string of the molecule is CC(F)(F)c1cc(CNO)c2c(c1)OCCO2. The van der Waals surface area contributed by atoms with Crippen molar-refractivity contribution >= 4 is 0 Å². The molecule has 0 atom stereocenters. The quantitative estimate of drug-likeness (QED) is 0.800. The molecule has 94 valence electrons. The maximum Gasteiger partial charge on any atom is 0.270 e. The predicted molar refractivity (Wildman–Crippen MR) is 55.6 cm³/mol. The number of hydrogen-bond acceptors (Lipinski definition) is 4. The molecule has 4 nitrogen and oxygen atoms in total. The van der Waals surface area contributed by atoms with Crippen LogP contribution >= 0.6 is 0 Å². The van der Waals surface area contributed by atoms with Crippen LogP contribution in [0.3, 0.4) is 0 Å². The molecule has 0 fully saturated rings. The molecule has 0 saturated heterocycles. The van der Waals surface area contributed by atoms with Gasteiger partial charge in [0.05, 0.1) is 0 Å². The Morgan fingerprint density at radius 2 is 2.06 bits per heavy atom. The van der Waals surface area contributed by atoms with E-state index in [0.717, 1.165) is 6.92 Å². The molecule has 0 aliphatic carbocycles. The Hall–Kier alpha value is -1.40. The number of hydrogen-bond donors (Lipinski definition) is 2. The van der Waals surface area contributed by atoms with Gasteiger partial charge in [-0.05, 0) is 12.1 Å². The van der Waals surface area contributed by atoms with Crippen molar-refractivity contribution in [3.63, 3.8) is 0 Å². The Morgan fingerprint density at radius 3 is 2.71 bits per heavy atom. The van der Waals surface area contributed by atoms with Gasteiger partial charge in [0.15, 0.2) is 11.5 Å². The lowest BCUT2D eigenvalue weighted by atomic mass is 10.0. The first-order valence-electron chi connectivity index (χ1n) is 5.20. The number of benzene rings is 1. The van der Waals surface area contributed by atoms with Gasteiger partial charge in [-0.1, -0.05) is 0 Å². The van der Waals surface area contributed by atoms with Gasteiger partial charge in [-0.15, -0.1) is 0 Å². The Balaban J connectivity index is 2.48. The summed E-state index contributed by atoms with van der Waals surface area (Å²) < 4.78 is 37.2. The lowest BCUT2D eigenvalue weighted by Crippen LogP contribution is -2.20. The average molecular weight is 245 g/mol. The minimum absolute atomic E-state index is 0.0234. The lowest BCUT2D eigenvalue weighted by Gasteiger charge is -2.23. The van der Waals surface area contributed by atoms with Crippen LogP contribution in [0.1, 0.15) is 18.1 Å². The first kappa shape index (κ1) is 12.1. The number of rotatable bonds is 3. The molecular weight excluding hydrogens is 232 g/mol. The highest BCUT2D eigenvalue weighted by Crippen LogP contribution is 2.39. The summed E-state index contributed by atoms with van der Waals surface area (Å²) >= 11 is 0. The topological polar surface area (TPSA) is 50.7 Å². The second-order valence-electron chi connectivity index (χ2n) is 3.88. The number of alkyl halides is 2. The number of nitrogens with one attached hydrogen (secondary N) is 1. The molecule has 2 N–H and O–H groups in total. The van der Waals surface area contributed by atoms with Gasteiger partial charge in [0.1, 0.15) is 13.2 Å². The zero-order valence-electron chi connectivity index (χ0n) is 9.30. The predicted octanol–water partition coefficient (Wildman–Crippen LogP) is 2.05. The van der Waals surface area contributed by atoms with E-state index in [2.05, 4.69) is 0 Å². The van der Waals surface area contributed by atoms with Gasteiger partial charge in [-0.2, -0.15) is 0 Å². The first-order valence-corrected chi connectivity index (χ1v) is 5.20. The van der Waals surface area contributed by atoms with E-state index in [0.29, 0.717) is 30.3 Å². The second-order valence-corrected chi connectivity index (χ2v) is 3.88. The van der Waals surface area contributed by atoms with Gasteiger partial charge in [0.25, 0.3) is 5.92 Å². The van der Waals surface area contributed by atoms with Gasteiger partial charge in [0, 0.05) is 24.6 Å². The van der Waals surface area contributed by atoms with Crippen LogP contribution in [0, 0.1) is 0 Å². The summed E-state index contributed by atoms with van der Waals surface area (Å²) in [5, 5.41) is 8.68. The normalized spacial score (nSPS) is 14.8. The smallest absolute Gasteiger partial charge is 0.270 e. The van der Waals surface area contributed by atoms with E-state index in [1.165, 1.54) is 12.1 Å². The van der Waals surface area contributed by atoms with E-state index in [4.69, 9.17) is 14.7 Å². The minimum Gasteiger partial charge on any atom is -0.486 e. The van der Waals surface area contributed by atoms with Crippen molar-refractivity contribution in [2.24, 2.45) is 0 Å². The molecule has 0 saturated carbocycles. The van der Waals surface area contributed by atoms with E-state index in [-0.39, 0.29) is 12.1 Å². The standard InChI is InChI=1S/C11H13F2NO3/c1-11(12,13)8-4-7(6-14-15)10-9(5-8)16-2-3-17-10/h4-5,14-15H,2-3,6H2,1H3. The molecule has 1 aliphatic rings. The van der Waals surface area contributed by atoms with Crippen molar-refractivity contribution in [2.45, 2.75) is 19.4 Å². The molecule has 1 aliphatic heterocycles. The van der Waals surface area contributed by atoms with Crippen LogP contribution < -0.4 is 15.0 Å². The molecule has 0 spiro atoms. The summed E-state index contributed by atoms with van der Waals surface area (Å²) in [6.45, 7) is 1.54. The monoisotopic (exact) mass is 245 g/mol. The summed E-state index contributed by atoms with van der Waals surface area (Å²) in [6, 6.07) is 2.58. The molecule has 1 aromatic carbocycles. The molecule has 2 rings (SSSR count). The van der Waals surface area contributed by atoms with Crippen molar-refractivity contribution in [2.75, 3.05) is 13.2 Å². The molecule has 6 heteroatoms. The Morgan fingerprint density at radius 1 is 1.35 bits per heavy atom. The number of halogens is 2. The first-order chi connectivity index (χ1) is 8.02. The van der Waals surface area contributed by atoms with Crippen molar-refractivity contribution in [3.05, 3.63) is 23.3 Å². The fourth-order valence-corrected chi connectivity index (χ4v) is 1.70. The summed E-state index contributed by atoms with van der Waals surface area (Å²) in [4.78, 5) is 0. The molecule has 0 bridgehead atoms. The second kappa shape index (κ2) is 4.46. The summed E-state index contributed by atoms with van der Waals surface area (Å²) in [5.41, 5.74) is 2.22. The number of ether oxygens (including phenoxy) is 2. The van der Waals surface area contributed by atoms with Crippen LogP contribution in [-0.2, 0) is 12.5 Å². The molecule has 0 radical (unpaired) electrons. The van der Waals surface area contributed by atoms with Gasteiger partial charge in [-0.25, -0.2) is 14.3 Å². The van der Waals surface area contributed by atoms with E-state index in [1.807, 2.05) is 5.48 Å². The van der Waals surface area contributed by atoms with Crippen LogP contribution in [0.5, 0.6) is 11.5 Å². The van der Waals surface area contributed by atoms with Crippen molar-refractivity contribution in [3.8, 4) is 11.5 Å². The van der Waals surface area contributed by atoms with Crippen LogP contribution in [0.2, 0.25) is 0 Å². The Kier molecular flexibility index (Phi) is 3.17. The van der Waals surface area contributed by atoms with Crippen molar-refractivity contribution < 1.29 is 23.5 Å². The fourth-order valence-electron chi connectivity index (χ4n) is 1.70. The average Bonchev–Trinajstić information content (AvgIpc) is 2.28. The highest BCUT2D eigenvalue weighted by molar-refractivity contribution is 5.51. The van der Waals surface area contributed by atoms with Crippen molar-refractivity contribution in [1.82, 2.24) is 5.48 Å². The van der Waals surface area contributed by atoms with Gasteiger partial charge in [0.2, 0.25) is 0 Å². The van der Waals surface area contributed by atoms with Crippen molar-refractivity contribution in [1.29, 1.82) is 0 Å². The molecule has 0 aromatic heterocycles. The fraction of sp³-hybridized carbons (Fsp3) is 0.455. The number of fused-ring (bicyclic) bond motifs is 1. The van der Waals surface area contributed by atoms with Gasteiger partial charge < -0.3 is 14.7 Å². The van der Waals surface area contributed by atoms with Crippen LogP contribution in [0.4, 0.5) is 8.78 Å². The van der Waals surface area contributed by atoms with E-state index < -0.39 is 5.92 Å². The molecule has 0 amide bonds. The summed E-state index contributed by atoms with van der Waals surface area (Å²) in [6.07, 6.45) is 0. The summed E-state index contributed by atoms with van der Waals surface area (Å²) in [7, 11) is 0. The third-order valence-corrected chi connectivity index (χ3v) is 2.50. The Labute approximate surface area is 97.1 Å². The Bertz CT molecular complexity index is 418. The molecule has 17 heavy (non-hydrogen) atoms. The zero-order valence-corrected chi connectivity index (χ0v) is 9.30. The van der Waals surface area contributed by atoms with E-state index >= 15 is 0 Å². The molecular formula is C11H13F2NO3. The number of hydroxylamine groups is 1. The lowest BCUT2D eigenvalue weighted by molar-refractivity contribution is 0.0167. The largest absolute Gasteiger partial charge is 0.486 e. The highest BCUT2D eigenvalue weighted by atomic mass is 19.3. The maximum absolute atomic E-state index is 13.3. The van der Waals surface area contributed by atoms with Crippen LogP contribution in [0.15, 0.2) is 12.1 Å². The van der Waals surface area contributed by atoms with E-state index in [9.17, 15) is 8.78 Å². The molecule has 1 aromatic rings. The zero-order chi connectivity index (χ0) is 12.5. The summed E-state index contributed by atoms with van der Waals surface area (Å²) in [5.74, 6) is -2.26. The maximum atomic E-state index is 13.3. The molecule has 1 heterocycles. The van der Waals surface area contributed by atoms with Crippen LogP contribution in [-0.4, -0.2) is 18.4 Å². The highest BCUT2D eigenvalue weighted by Gasteiger charge is 2.28. The van der Waals surface area contributed by atoms with Gasteiger partial charge >= 0.3 is 0 Å². The third kappa shape index (κ3) is 2.48. The van der Waals surface area contributed by atoms with E-state index in [1.54, 1.807) is 0 Å².